The fraction of sp³-hybridized carbons (Fsp3) is 0.188. The zero-order valence-corrected chi connectivity index (χ0v) is 12.9. The molecule has 0 N–H and O–H groups in total. The number of furan rings is 1. The van der Waals surface area contributed by atoms with Crippen LogP contribution in [0.15, 0.2) is 41.0 Å². The zero-order valence-electron chi connectivity index (χ0n) is 12.0. The highest BCUT2D eigenvalue weighted by molar-refractivity contribution is 7.15. The molecule has 0 fully saturated rings. The van der Waals surface area contributed by atoms with E-state index < -0.39 is 0 Å². The first kappa shape index (κ1) is 13.7. The minimum Gasteiger partial charge on any atom is -0.493 e. The van der Waals surface area contributed by atoms with Gasteiger partial charge in [-0.15, -0.1) is 11.3 Å². The van der Waals surface area contributed by atoms with E-state index in [0.29, 0.717) is 11.5 Å². The molecule has 2 heterocycles. The van der Waals surface area contributed by atoms with Crippen molar-refractivity contribution in [3.8, 4) is 33.5 Å². The average Bonchev–Trinajstić information content (AvgIpc) is 3.15. The van der Waals surface area contributed by atoms with E-state index >= 15 is 0 Å². The molecule has 0 saturated heterocycles. The predicted molar refractivity (Wildman–Crippen MR) is 83.1 cm³/mol. The van der Waals surface area contributed by atoms with Crippen LogP contribution in [0.5, 0.6) is 11.5 Å². The third kappa shape index (κ3) is 2.52. The van der Waals surface area contributed by atoms with E-state index in [0.717, 1.165) is 26.9 Å². The van der Waals surface area contributed by atoms with Crippen LogP contribution in [0.3, 0.4) is 0 Å². The Morgan fingerprint density at radius 3 is 2.57 bits per heavy atom. The first-order chi connectivity index (χ1) is 10.2. The zero-order chi connectivity index (χ0) is 14.8. The Balaban J connectivity index is 2.05. The highest BCUT2D eigenvalue weighted by Gasteiger charge is 2.14. The van der Waals surface area contributed by atoms with Crippen molar-refractivity contribution in [2.45, 2.75) is 6.92 Å². The van der Waals surface area contributed by atoms with Gasteiger partial charge in [-0.05, 0) is 37.3 Å². The second kappa shape index (κ2) is 5.61. The molecule has 0 unspecified atom stereocenters. The van der Waals surface area contributed by atoms with Crippen molar-refractivity contribution in [1.82, 2.24) is 4.98 Å². The van der Waals surface area contributed by atoms with Crippen molar-refractivity contribution in [2.24, 2.45) is 0 Å². The summed E-state index contributed by atoms with van der Waals surface area (Å²) >= 11 is 1.61. The van der Waals surface area contributed by atoms with Crippen molar-refractivity contribution in [3.05, 3.63) is 41.5 Å². The number of aromatic nitrogens is 1. The van der Waals surface area contributed by atoms with E-state index in [1.165, 1.54) is 0 Å². The molecule has 21 heavy (non-hydrogen) atoms. The van der Waals surface area contributed by atoms with Crippen LogP contribution in [0.1, 0.15) is 4.88 Å². The number of rotatable bonds is 4. The van der Waals surface area contributed by atoms with Crippen molar-refractivity contribution in [2.75, 3.05) is 14.2 Å². The molecule has 0 aliphatic heterocycles. The second-order valence-electron chi connectivity index (χ2n) is 4.47. The van der Waals surface area contributed by atoms with Crippen LogP contribution in [0, 0.1) is 6.92 Å². The molecule has 4 nitrogen and oxygen atoms in total. The number of thiazole rings is 1. The lowest BCUT2D eigenvalue weighted by molar-refractivity contribution is 0.355. The summed E-state index contributed by atoms with van der Waals surface area (Å²) in [6, 6.07) is 9.58. The molecule has 1 aromatic carbocycles. The Kier molecular flexibility index (Phi) is 3.66. The lowest BCUT2D eigenvalue weighted by Gasteiger charge is -2.08. The molecule has 3 aromatic rings. The molecule has 0 spiro atoms. The Morgan fingerprint density at radius 1 is 1.10 bits per heavy atom. The van der Waals surface area contributed by atoms with E-state index in [-0.39, 0.29) is 0 Å². The predicted octanol–water partition coefficient (Wildman–Crippen LogP) is 4.40. The van der Waals surface area contributed by atoms with Crippen molar-refractivity contribution < 1.29 is 13.9 Å². The fourth-order valence-corrected chi connectivity index (χ4v) is 3.06. The molecule has 3 rings (SSSR count). The molecular weight excluding hydrogens is 286 g/mol. The van der Waals surface area contributed by atoms with Gasteiger partial charge in [0.1, 0.15) is 0 Å². The third-order valence-corrected chi connectivity index (χ3v) is 4.17. The van der Waals surface area contributed by atoms with Crippen LogP contribution in [0.25, 0.3) is 22.0 Å². The summed E-state index contributed by atoms with van der Waals surface area (Å²) in [7, 11) is 3.25. The lowest BCUT2D eigenvalue weighted by atomic mass is 10.1. The Bertz CT molecular complexity index is 747. The first-order valence-corrected chi connectivity index (χ1v) is 7.28. The monoisotopic (exact) mass is 301 g/mol. The van der Waals surface area contributed by atoms with E-state index in [9.17, 15) is 0 Å². The summed E-state index contributed by atoms with van der Waals surface area (Å²) in [5.41, 5.74) is 1.94. The van der Waals surface area contributed by atoms with E-state index in [4.69, 9.17) is 13.9 Å². The van der Waals surface area contributed by atoms with Gasteiger partial charge >= 0.3 is 0 Å². The summed E-state index contributed by atoms with van der Waals surface area (Å²) in [5, 5.41) is 0.877. The van der Waals surface area contributed by atoms with Gasteiger partial charge in [0, 0.05) is 10.4 Å². The minimum absolute atomic E-state index is 0.696. The summed E-state index contributed by atoms with van der Waals surface area (Å²) < 4.78 is 16.0. The fourth-order valence-electron chi connectivity index (χ4n) is 2.15. The molecule has 0 amide bonds. The van der Waals surface area contributed by atoms with Gasteiger partial charge in [0.25, 0.3) is 0 Å². The van der Waals surface area contributed by atoms with E-state index in [1.807, 2.05) is 30.3 Å². The standard InChI is InChI=1S/C16H15NO3S/c1-10-15(17-16(21-10)13-5-4-8-20-13)11-6-7-12(18-2)14(9-11)19-3/h4-9H,1-3H3. The molecular formula is C16H15NO3S. The van der Waals surface area contributed by atoms with Gasteiger partial charge < -0.3 is 13.9 Å². The number of benzene rings is 1. The Hall–Kier alpha value is -2.27. The van der Waals surface area contributed by atoms with Crippen LogP contribution in [-0.4, -0.2) is 19.2 Å². The highest BCUT2D eigenvalue weighted by atomic mass is 32.1. The summed E-state index contributed by atoms with van der Waals surface area (Å²) in [6.45, 7) is 2.05. The lowest BCUT2D eigenvalue weighted by Crippen LogP contribution is -1.91. The SMILES string of the molecule is COc1ccc(-c2nc(-c3ccco3)sc2C)cc1OC. The van der Waals surface area contributed by atoms with Crippen molar-refractivity contribution in [1.29, 1.82) is 0 Å². The van der Waals surface area contributed by atoms with Crippen molar-refractivity contribution in [3.63, 3.8) is 0 Å². The number of hydrogen-bond acceptors (Lipinski definition) is 5. The smallest absolute Gasteiger partial charge is 0.162 e. The average molecular weight is 301 g/mol. The number of nitrogens with zero attached hydrogens (tertiary/aromatic N) is 1. The Labute approximate surface area is 127 Å². The van der Waals surface area contributed by atoms with E-state index in [1.54, 1.807) is 31.8 Å². The number of aryl methyl sites for hydroxylation is 1. The third-order valence-electron chi connectivity index (χ3n) is 3.19. The summed E-state index contributed by atoms with van der Waals surface area (Å²) in [4.78, 5) is 5.81. The van der Waals surface area contributed by atoms with Gasteiger partial charge in [-0.3, -0.25) is 0 Å². The maximum Gasteiger partial charge on any atom is 0.162 e. The molecule has 0 saturated carbocycles. The van der Waals surface area contributed by atoms with Crippen molar-refractivity contribution >= 4 is 11.3 Å². The second-order valence-corrected chi connectivity index (χ2v) is 5.67. The van der Waals surface area contributed by atoms with Crippen LogP contribution < -0.4 is 9.47 Å². The normalized spacial score (nSPS) is 10.6. The molecule has 0 atom stereocenters. The molecule has 5 heteroatoms. The van der Waals surface area contributed by atoms with Crippen LogP contribution in [0.2, 0.25) is 0 Å². The summed E-state index contributed by atoms with van der Waals surface area (Å²) in [6.07, 6.45) is 1.65. The molecule has 0 aliphatic carbocycles. The number of ether oxygens (including phenoxy) is 2. The largest absolute Gasteiger partial charge is 0.493 e. The number of methoxy groups -OCH3 is 2. The molecule has 0 bridgehead atoms. The maximum absolute atomic E-state index is 5.41. The molecule has 108 valence electrons. The number of hydrogen-bond donors (Lipinski definition) is 0. The molecule has 0 radical (unpaired) electrons. The van der Waals surface area contributed by atoms with Crippen LogP contribution in [0.4, 0.5) is 0 Å². The Morgan fingerprint density at radius 2 is 1.90 bits per heavy atom. The van der Waals surface area contributed by atoms with Gasteiger partial charge in [-0.2, -0.15) is 0 Å². The van der Waals surface area contributed by atoms with Crippen LogP contribution in [-0.2, 0) is 0 Å². The highest BCUT2D eigenvalue weighted by Crippen LogP contribution is 2.37. The molecule has 0 aliphatic rings. The van der Waals surface area contributed by atoms with Gasteiger partial charge in [-0.1, -0.05) is 0 Å². The van der Waals surface area contributed by atoms with Gasteiger partial charge in [0.05, 0.1) is 26.2 Å². The summed E-state index contributed by atoms with van der Waals surface area (Å²) in [5.74, 6) is 2.19. The topological polar surface area (TPSA) is 44.5 Å². The van der Waals surface area contributed by atoms with Gasteiger partial charge in [-0.25, -0.2) is 4.98 Å². The van der Waals surface area contributed by atoms with Gasteiger partial charge in [0.15, 0.2) is 22.3 Å². The van der Waals surface area contributed by atoms with Gasteiger partial charge in [0.2, 0.25) is 0 Å². The first-order valence-electron chi connectivity index (χ1n) is 6.46. The quantitative estimate of drug-likeness (QED) is 0.716. The van der Waals surface area contributed by atoms with Crippen LogP contribution >= 0.6 is 11.3 Å². The van der Waals surface area contributed by atoms with E-state index in [2.05, 4.69) is 11.9 Å². The molecule has 2 aromatic heterocycles. The maximum atomic E-state index is 5.41. The minimum atomic E-state index is 0.696.